The molecule has 0 saturated heterocycles. The minimum absolute atomic E-state index is 0.367. The SMILES string of the molecule is COC(=O)c1ccc2c(c1)CCN(C(=O)O)C2. The molecule has 1 aliphatic rings. The molecule has 1 heterocycles. The zero-order chi connectivity index (χ0) is 12.4. The summed E-state index contributed by atoms with van der Waals surface area (Å²) < 4.78 is 4.64. The van der Waals surface area contributed by atoms with E-state index in [1.165, 1.54) is 12.0 Å². The van der Waals surface area contributed by atoms with Crippen LogP contribution < -0.4 is 0 Å². The Morgan fingerprint density at radius 3 is 2.76 bits per heavy atom. The Kier molecular flexibility index (Phi) is 2.99. The molecule has 1 N–H and O–H groups in total. The molecule has 0 atom stereocenters. The van der Waals surface area contributed by atoms with E-state index in [4.69, 9.17) is 5.11 Å². The third-order valence-electron chi connectivity index (χ3n) is 2.91. The number of fused-ring (bicyclic) bond motifs is 1. The highest BCUT2D eigenvalue weighted by Gasteiger charge is 2.20. The molecule has 0 unspecified atom stereocenters. The number of hydrogen-bond donors (Lipinski definition) is 1. The van der Waals surface area contributed by atoms with Gasteiger partial charge in [-0.1, -0.05) is 6.07 Å². The van der Waals surface area contributed by atoms with Gasteiger partial charge in [0.2, 0.25) is 0 Å². The van der Waals surface area contributed by atoms with Gasteiger partial charge in [0.1, 0.15) is 0 Å². The Morgan fingerprint density at radius 2 is 2.12 bits per heavy atom. The number of rotatable bonds is 1. The number of hydrogen-bond acceptors (Lipinski definition) is 3. The van der Waals surface area contributed by atoms with Crippen molar-refractivity contribution in [2.45, 2.75) is 13.0 Å². The first-order valence-corrected chi connectivity index (χ1v) is 5.30. The van der Waals surface area contributed by atoms with Gasteiger partial charge in [-0.15, -0.1) is 0 Å². The lowest BCUT2D eigenvalue weighted by molar-refractivity contribution is 0.0600. The molecular formula is C12H13NO4. The van der Waals surface area contributed by atoms with Crippen molar-refractivity contribution in [3.8, 4) is 0 Å². The molecular weight excluding hydrogens is 222 g/mol. The minimum Gasteiger partial charge on any atom is -0.465 e. The van der Waals surface area contributed by atoms with Crippen molar-refractivity contribution in [2.24, 2.45) is 0 Å². The number of carbonyl (C=O) groups excluding carboxylic acids is 1. The average Bonchev–Trinajstić information content (AvgIpc) is 2.36. The first kappa shape index (κ1) is 11.4. The minimum atomic E-state index is -0.910. The Hall–Kier alpha value is -2.04. The molecule has 0 radical (unpaired) electrons. The van der Waals surface area contributed by atoms with E-state index >= 15 is 0 Å². The molecule has 0 spiro atoms. The quantitative estimate of drug-likeness (QED) is 0.749. The van der Waals surface area contributed by atoms with Gasteiger partial charge in [-0.2, -0.15) is 0 Å². The lowest BCUT2D eigenvalue weighted by Gasteiger charge is -2.26. The van der Waals surface area contributed by atoms with E-state index in [-0.39, 0.29) is 5.97 Å². The van der Waals surface area contributed by atoms with E-state index in [2.05, 4.69) is 4.74 Å². The largest absolute Gasteiger partial charge is 0.465 e. The predicted octanol–water partition coefficient (Wildman–Crippen LogP) is 1.51. The van der Waals surface area contributed by atoms with Crippen molar-refractivity contribution in [2.75, 3.05) is 13.7 Å². The van der Waals surface area contributed by atoms with E-state index in [0.29, 0.717) is 25.1 Å². The van der Waals surface area contributed by atoms with E-state index in [9.17, 15) is 9.59 Å². The van der Waals surface area contributed by atoms with Crippen LogP contribution >= 0.6 is 0 Å². The molecule has 5 nitrogen and oxygen atoms in total. The average molecular weight is 235 g/mol. The second-order valence-corrected chi connectivity index (χ2v) is 3.93. The van der Waals surface area contributed by atoms with E-state index < -0.39 is 6.09 Å². The first-order chi connectivity index (χ1) is 8.11. The fraction of sp³-hybridized carbons (Fsp3) is 0.333. The van der Waals surface area contributed by atoms with Crippen molar-refractivity contribution in [3.05, 3.63) is 34.9 Å². The maximum atomic E-state index is 11.3. The first-order valence-electron chi connectivity index (χ1n) is 5.30. The molecule has 0 bridgehead atoms. The molecule has 0 fully saturated rings. The molecule has 0 aliphatic carbocycles. The Labute approximate surface area is 98.6 Å². The highest BCUT2D eigenvalue weighted by Crippen LogP contribution is 2.20. The van der Waals surface area contributed by atoms with Gasteiger partial charge in [0.25, 0.3) is 0 Å². The van der Waals surface area contributed by atoms with Crippen LogP contribution in [-0.2, 0) is 17.7 Å². The molecule has 1 aromatic carbocycles. The zero-order valence-electron chi connectivity index (χ0n) is 9.47. The maximum absolute atomic E-state index is 11.3. The number of amides is 1. The number of esters is 1. The second-order valence-electron chi connectivity index (χ2n) is 3.93. The van der Waals surface area contributed by atoms with Crippen LogP contribution in [0.2, 0.25) is 0 Å². The summed E-state index contributed by atoms with van der Waals surface area (Å²) in [5.74, 6) is -0.367. The summed E-state index contributed by atoms with van der Waals surface area (Å²) in [6.45, 7) is 0.846. The van der Waals surface area contributed by atoms with E-state index in [1.807, 2.05) is 0 Å². The molecule has 1 amide bonds. The maximum Gasteiger partial charge on any atom is 0.407 e. The van der Waals surface area contributed by atoms with Gasteiger partial charge in [0.05, 0.1) is 12.7 Å². The number of carboxylic acid groups (broad SMARTS) is 1. The summed E-state index contributed by atoms with van der Waals surface area (Å²) in [5, 5.41) is 8.90. The number of nitrogens with zero attached hydrogens (tertiary/aromatic N) is 1. The fourth-order valence-electron chi connectivity index (χ4n) is 1.96. The Morgan fingerprint density at radius 1 is 1.35 bits per heavy atom. The predicted molar refractivity (Wildman–Crippen MR) is 59.9 cm³/mol. The van der Waals surface area contributed by atoms with E-state index in [0.717, 1.165) is 11.1 Å². The zero-order valence-corrected chi connectivity index (χ0v) is 9.47. The summed E-state index contributed by atoms with van der Waals surface area (Å²) in [6.07, 6.45) is -0.278. The monoisotopic (exact) mass is 235 g/mol. The van der Waals surface area contributed by atoms with Crippen LogP contribution in [-0.4, -0.2) is 35.7 Å². The third kappa shape index (κ3) is 2.22. The van der Waals surface area contributed by atoms with Crippen LogP contribution in [0.5, 0.6) is 0 Å². The molecule has 5 heteroatoms. The molecule has 17 heavy (non-hydrogen) atoms. The molecule has 0 saturated carbocycles. The Balaban J connectivity index is 2.25. The summed E-state index contributed by atoms with van der Waals surface area (Å²) in [7, 11) is 1.34. The van der Waals surface area contributed by atoms with Gasteiger partial charge in [0.15, 0.2) is 0 Å². The number of methoxy groups -OCH3 is 1. The topological polar surface area (TPSA) is 66.8 Å². The van der Waals surface area contributed by atoms with Crippen LogP contribution in [0, 0.1) is 0 Å². The molecule has 90 valence electrons. The normalized spacial score (nSPS) is 14.1. The molecule has 1 aliphatic heterocycles. The van der Waals surface area contributed by atoms with Crippen LogP contribution in [0.3, 0.4) is 0 Å². The van der Waals surface area contributed by atoms with Crippen LogP contribution in [0.4, 0.5) is 4.79 Å². The van der Waals surface area contributed by atoms with Crippen molar-refractivity contribution < 1.29 is 19.4 Å². The van der Waals surface area contributed by atoms with Gasteiger partial charge >= 0.3 is 12.1 Å². The second kappa shape index (κ2) is 4.45. The van der Waals surface area contributed by atoms with Gasteiger partial charge in [-0.3, -0.25) is 0 Å². The smallest absolute Gasteiger partial charge is 0.407 e. The summed E-state index contributed by atoms with van der Waals surface area (Å²) >= 11 is 0. The standard InChI is InChI=1S/C12H13NO4/c1-17-11(14)9-2-3-10-7-13(12(15)16)5-4-8(10)6-9/h2-3,6H,4-5,7H2,1H3,(H,15,16). The van der Waals surface area contributed by atoms with Crippen molar-refractivity contribution >= 4 is 12.1 Å². The van der Waals surface area contributed by atoms with Crippen molar-refractivity contribution in [3.63, 3.8) is 0 Å². The van der Waals surface area contributed by atoms with Crippen LogP contribution in [0.25, 0.3) is 0 Å². The summed E-state index contributed by atoms with van der Waals surface area (Å²) in [6, 6.07) is 5.23. The van der Waals surface area contributed by atoms with Crippen LogP contribution in [0.15, 0.2) is 18.2 Å². The summed E-state index contributed by atoms with van der Waals surface area (Å²) in [4.78, 5) is 23.5. The number of ether oxygens (including phenoxy) is 1. The lowest BCUT2D eigenvalue weighted by atomic mass is 9.97. The Bertz CT molecular complexity index is 470. The molecule has 2 rings (SSSR count). The lowest BCUT2D eigenvalue weighted by Crippen LogP contribution is -2.34. The molecule has 0 aromatic heterocycles. The van der Waals surface area contributed by atoms with Crippen molar-refractivity contribution in [1.29, 1.82) is 0 Å². The van der Waals surface area contributed by atoms with Gasteiger partial charge < -0.3 is 14.7 Å². The van der Waals surface area contributed by atoms with Crippen LogP contribution in [0.1, 0.15) is 21.5 Å². The highest BCUT2D eigenvalue weighted by molar-refractivity contribution is 5.89. The van der Waals surface area contributed by atoms with Gasteiger partial charge in [-0.25, -0.2) is 9.59 Å². The number of benzene rings is 1. The fourth-order valence-corrected chi connectivity index (χ4v) is 1.96. The summed E-state index contributed by atoms with van der Waals surface area (Å²) in [5.41, 5.74) is 2.48. The third-order valence-corrected chi connectivity index (χ3v) is 2.91. The highest BCUT2D eigenvalue weighted by atomic mass is 16.5. The van der Waals surface area contributed by atoms with Gasteiger partial charge in [-0.05, 0) is 29.7 Å². The molecule has 1 aromatic rings. The van der Waals surface area contributed by atoms with Gasteiger partial charge in [0, 0.05) is 13.1 Å². The van der Waals surface area contributed by atoms with E-state index in [1.54, 1.807) is 18.2 Å². The van der Waals surface area contributed by atoms with Crippen molar-refractivity contribution in [1.82, 2.24) is 4.90 Å². The number of carbonyl (C=O) groups is 2.